The van der Waals surface area contributed by atoms with Crippen molar-refractivity contribution in [3.63, 3.8) is 0 Å². The molecular formula is C24H19F3N4O3. The number of amides is 2. The number of hydrogen-bond donors (Lipinski definition) is 2. The van der Waals surface area contributed by atoms with Crippen LogP contribution in [0.1, 0.15) is 12.0 Å². The van der Waals surface area contributed by atoms with Gasteiger partial charge in [-0.25, -0.2) is 4.79 Å². The Morgan fingerprint density at radius 1 is 1.12 bits per heavy atom. The number of nitrogen functional groups attached to an aromatic ring is 1. The van der Waals surface area contributed by atoms with Gasteiger partial charge in [0.25, 0.3) is 0 Å². The lowest BCUT2D eigenvalue weighted by atomic mass is 9.95. The second-order valence-electron chi connectivity index (χ2n) is 7.85. The van der Waals surface area contributed by atoms with Crippen molar-refractivity contribution >= 4 is 34.2 Å². The lowest BCUT2D eigenvalue weighted by Gasteiger charge is -2.30. The quantitative estimate of drug-likeness (QED) is 0.387. The first-order valence-electron chi connectivity index (χ1n) is 10.5. The van der Waals surface area contributed by atoms with Crippen LogP contribution < -0.4 is 20.7 Å². The summed E-state index contributed by atoms with van der Waals surface area (Å²) in [5, 5.41) is 7.23. The Kier molecular flexibility index (Phi) is 5.27. The molecule has 0 unspecified atom stereocenters. The zero-order valence-electron chi connectivity index (χ0n) is 17.7. The van der Waals surface area contributed by atoms with E-state index in [1.165, 1.54) is 18.2 Å². The Labute approximate surface area is 191 Å². The van der Waals surface area contributed by atoms with E-state index in [4.69, 9.17) is 10.3 Å². The zero-order chi connectivity index (χ0) is 23.9. The molecule has 2 heterocycles. The van der Waals surface area contributed by atoms with E-state index in [1.54, 1.807) is 11.0 Å². The number of anilines is 3. The van der Waals surface area contributed by atoms with Gasteiger partial charge in [-0.05, 0) is 59.9 Å². The van der Waals surface area contributed by atoms with Gasteiger partial charge in [-0.2, -0.15) is 0 Å². The van der Waals surface area contributed by atoms with Gasteiger partial charge in [-0.3, -0.25) is 4.90 Å². The van der Waals surface area contributed by atoms with Crippen LogP contribution in [0.2, 0.25) is 0 Å². The molecule has 174 valence electrons. The van der Waals surface area contributed by atoms with Crippen LogP contribution in [0.15, 0.2) is 65.2 Å². The van der Waals surface area contributed by atoms with Crippen molar-refractivity contribution in [1.29, 1.82) is 0 Å². The number of nitrogens with zero attached hydrogens (tertiary/aromatic N) is 2. The zero-order valence-corrected chi connectivity index (χ0v) is 17.7. The highest BCUT2D eigenvalue weighted by Crippen LogP contribution is 2.37. The number of benzene rings is 3. The van der Waals surface area contributed by atoms with Gasteiger partial charge >= 0.3 is 12.4 Å². The number of rotatable bonds is 3. The van der Waals surface area contributed by atoms with Gasteiger partial charge in [0.1, 0.15) is 5.75 Å². The van der Waals surface area contributed by atoms with Crippen LogP contribution in [-0.4, -0.2) is 24.1 Å². The molecule has 2 amide bonds. The van der Waals surface area contributed by atoms with Crippen molar-refractivity contribution in [2.75, 3.05) is 22.5 Å². The number of aryl methyl sites for hydroxylation is 1. The average molecular weight is 468 g/mol. The number of hydrogen-bond acceptors (Lipinski definition) is 5. The molecule has 1 aliphatic heterocycles. The maximum Gasteiger partial charge on any atom is 0.573 e. The molecule has 0 atom stereocenters. The maximum absolute atomic E-state index is 13.0. The Bertz CT molecular complexity index is 1380. The Morgan fingerprint density at radius 3 is 2.76 bits per heavy atom. The molecule has 1 aliphatic rings. The molecule has 0 radical (unpaired) electrons. The maximum atomic E-state index is 13.0. The minimum Gasteiger partial charge on any atom is -0.406 e. The highest BCUT2D eigenvalue weighted by atomic mass is 19.4. The molecule has 0 aliphatic carbocycles. The van der Waals surface area contributed by atoms with Crippen LogP contribution in [0.4, 0.5) is 35.2 Å². The first-order valence-corrected chi connectivity index (χ1v) is 10.5. The third-order valence-electron chi connectivity index (χ3n) is 5.60. The van der Waals surface area contributed by atoms with E-state index in [-0.39, 0.29) is 5.69 Å². The van der Waals surface area contributed by atoms with Crippen LogP contribution >= 0.6 is 0 Å². The normalized spacial score (nSPS) is 13.6. The molecular weight excluding hydrogens is 449 g/mol. The topological polar surface area (TPSA) is 93.6 Å². The SMILES string of the molecule is Nc1noc2cccc(-c3ccc4c(c3)CCCN4C(=O)Nc3cccc(OC(F)(F)F)c3)c12. The number of carbonyl (C=O) groups is 1. The van der Waals surface area contributed by atoms with E-state index < -0.39 is 18.1 Å². The van der Waals surface area contributed by atoms with Crippen molar-refractivity contribution in [2.45, 2.75) is 19.2 Å². The third-order valence-corrected chi connectivity index (χ3v) is 5.60. The van der Waals surface area contributed by atoms with Crippen LogP contribution in [0.3, 0.4) is 0 Å². The molecule has 3 N–H and O–H groups in total. The summed E-state index contributed by atoms with van der Waals surface area (Å²) in [5.41, 5.74) is 10.3. The van der Waals surface area contributed by atoms with Crippen LogP contribution in [-0.2, 0) is 6.42 Å². The monoisotopic (exact) mass is 468 g/mol. The predicted molar refractivity (Wildman–Crippen MR) is 122 cm³/mol. The van der Waals surface area contributed by atoms with Crippen molar-refractivity contribution in [3.05, 3.63) is 66.2 Å². The summed E-state index contributed by atoms with van der Waals surface area (Å²) in [7, 11) is 0. The number of alkyl halides is 3. The van der Waals surface area contributed by atoms with Gasteiger partial charge in [0.2, 0.25) is 0 Å². The fourth-order valence-corrected chi connectivity index (χ4v) is 4.19. The number of nitrogens with one attached hydrogen (secondary N) is 1. The van der Waals surface area contributed by atoms with Crippen molar-refractivity contribution in [1.82, 2.24) is 5.16 Å². The third kappa shape index (κ3) is 4.21. The minimum atomic E-state index is -4.81. The molecule has 1 aromatic heterocycles. The Hall–Kier alpha value is -4.21. The highest BCUT2D eigenvalue weighted by molar-refractivity contribution is 6.04. The lowest BCUT2D eigenvalue weighted by molar-refractivity contribution is -0.274. The second-order valence-corrected chi connectivity index (χ2v) is 7.85. The summed E-state index contributed by atoms with van der Waals surface area (Å²) < 4.78 is 46.7. The Morgan fingerprint density at radius 2 is 1.94 bits per heavy atom. The summed E-state index contributed by atoms with van der Waals surface area (Å²) in [5.74, 6) is -0.0998. The molecule has 0 fully saturated rings. The van der Waals surface area contributed by atoms with E-state index in [2.05, 4.69) is 15.2 Å². The molecule has 0 spiro atoms. The minimum absolute atomic E-state index is 0.199. The first kappa shape index (κ1) is 21.6. The molecule has 0 bridgehead atoms. The molecule has 5 rings (SSSR count). The highest BCUT2D eigenvalue weighted by Gasteiger charge is 2.31. The number of urea groups is 1. The lowest BCUT2D eigenvalue weighted by Crippen LogP contribution is -2.38. The first-order chi connectivity index (χ1) is 16.3. The van der Waals surface area contributed by atoms with Gasteiger partial charge in [0.15, 0.2) is 11.4 Å². The molecule has 4 aromatic rings. The van der Waals surface area contributed by atoms with Gasteiger partial charge in [-0.1, -0.05) is 29.4 Å². The number of carbonyl (C=O) groups excluding carboxylic acids is 1. The fraction of sp³-hybridized carbons (Fsp3) is 0.167. The largest absolute Gasteiger partial charge is 0.573 e. The van der Waals surface area contributed by atoms with Crippen molar-refractivity contribution < 1.29 is 27.2 Å². The number of ether oxygens (including phenoxy) is 1. The molecule has 0 saturated heterocycles. The van der Waals surface area contributed by atoms with Gasteiger partial charge in [0, 0.05) is 24.0 Å². The number of nitrogens with two attached hydrogens (primary N) is 1. The summed E-state index contributed by atoms with van der Waals surface area (Å²) in [6.07, 6.45) is -3.30. The Balaban J connectivity index is 1.41. The molecule has 34 heavy (non-hydrogen) atoms. The van der Waals surface area contributed by atoms with E-state index in [0.717, 1.165) is 46.7 Å². The predicted octanol–water partition coefficient (Wildman–Crippen LogP) is 5.96. The number of aromatic nitrogens is 1. The second kappa shape index (κ2) is 8.29. The van der Waals surface area contributed by atoms with E-state index in [9.17, 15) is 18.0 Å². The molecule has 10 heteroatoms. The summed E-state index contributed by atoms with van der Waals surface area (Å²) in [6, 6.07) is 16.1. The van der Waals surface area contributed by atoms with E-state index in [0.29, 0.717) is 17.9 Å². The number of fused-ring (bicyclic) bond motifs is 2. The number of halogens is 3. The van der Waals surface area contributed by atoms with E-state index >= 15 is 0 Å². The standard InChI is InChI=1S/C24H19F3N4O3/c25-24(26,27)33-17-6-1-5-16(13-17)29-23(32)31-11-3-4-15-12-14(9-10-19(15)31)18-7-2-8-20-21(18)22(28)30-34-20/h1-2,5-10,12-13H,3-4,11H2,(H2,28,30)(H,29,32). The molecule has 0 saturated carbocycles. The molecule has 7 nitrogen and oxygen atoms in total. The van der Waals surface area contributed by atoms with E-state index in [1.807, 2.05) is 30.3 Å². The van der Waals surface area contributed by atoms with Crippen molar-refractivity contribution in [2.24, 2.45) is 0 Å². The summed E-state index contributed by atoms with van der Waals surface area (Å²) >= 11 is 0. The van der Waals surface area contributed by atoms with Crippen LogP contribution in [0, 0.1) is 0 Å². The summed E-state index contributed by atoms with van der Waals surface area (Å²) in [4.78, 5) is 14.6. The summed E-state index contributed by atoms with van der Waals surface area (Å²) in [6.45, 7) is 0.477. The fourth-order valence-electron chi connectivity index (χ4n) is 4.19. The smallest absolute Gasteiger partial charge is 0.406 e. The van der Waals surface area contributed by atoms with Gasteiger partial charge < -0.3 is 20.3 Å². The average Bonchev–Trinajstić information content (AvgIpc) is 3.18. The van der Waals surface area contributed by atoms with Crippen molar-refractivity contribution in [3.8, 4) is 16.9 Å². The molecule has 3 aromatic carbocycles. The van der Waals surface area contributed by atoms with Gasteiger partial charge in [0.05, 0.1) is 5.39 Å². The van der Waals surface area contributed by atoms with Gasteiger partial charge in [-0.15, -0.1) is 13.2 Å². The van der Waals surface area contributed by atoms with Crippen LogP contribution in [0.5, 0.6) is 5.75 Å². The van der Waals surface area contributed by atoms with Crippen LogP contribution in [0.25, 0.3) is 22.1 Å².